The van der Waals surface area contributed by atoms with Crippen molar-refractivity contribution in [3.05, 3.63) is 41.7 Å². The van der Waals surface area contributed by atoms with Crippen molar-refractivity contribution in [2.24, 2.45) is 0 Å². The van der Waals surface area contributed by atoms with E-state index in [-0.39, 0.29) is 0 Å². The van der Waals surface area contributed by atoms with Crippen LogP contribution in [0, 0.1) is 6.92 Å². The first-order valence-corrected chi connectivity index (χ1v) is 6.62. The average Bonchev–Trinajstić information content (AvgIpc) is 2.43. The van der Waals surface area contributed by atoms with Crippen LogP contribution in [-0.2, 0) is 6.42 Å². The van der Waals surface area contributed by atoms with Gasteiger partial charge < -0.3 is 10.6 Å². The highest BCUT2D eigenvalue weighted by Gasteiger charge is 2.09. The minimum absolute atomic E-state index is 0.869. The van der Waals surface area contributed by atoms with Crippen LogP contribution in [0.25, 0.3) is 0 Å². The van der Waals surface area contributed by atoms with Crippen LogP contribution in [0.4, 0.5) is 17.3 Å². The first-order valence-electron chi connectivity index (χ1n) is 6.62. The second-order valence-electron chi connectivity index (χ2n) is 4.45. The van der Waals surface area contributed by atoms with E-state index in [1.54, 1.807) is 0 Å². The molecule has 0 atom stereocenters. The lowest BCUT2D eigenvalue weighted by Crippen LogP contribution is -2.07. The lowest BCUT2D eigenvalue weighted by molar-refractivity contribution is 0.835. The maximum Gasteiger partial charge on any atom is 0.139 e. The van der Waals surface area contributed by atoms with E-state index in [4.69, 9.17) is 0 Å². The van der Waals surface area contributed by atoms with Crippen molar-refractivity contribution in [3.63, 3.8) is 0 Å². The second kappa shape index (κ2) is 6.18. The van der Waals surface area contributed by atoms with Crippen molar-refractivity contribution < 1.29 is 0 Å². The zero-order chi connectivity index (χ0) is 13.7. The molecule has 1 aromatic heterocycles. The topological polar surface area (TPSA) is 49.8 Å². The molecule has 0 fully saturated rings. The molecule has 2 rings (SSSR count). The molecule has 0 aliphatic heterocycles. The van der Waals surface area contributed by atoms with Crippen LogP contribution in [0.3, 0.4) is 0 Å². The van der Waals surface area contributed by atoms with Crippen LogP contribution in [-0.4, -0.2) is 17.0 Å². The van der Waals surface area contributed by atoms with Crippen LogP contribution < -0.4 is 10.6 Å². The average molecular weight is 256 g/mol. The number of aromatic nitrogens is 2. The molecule has 4 heteroatoms. The van der Waals surface area contributed by atoms with Gasteiger partial charge in [-0.2, -0.15) is 0 Å². The number of anilines is 3. The summed E-state index contributed by atoms with van der Waals surface area (Å²) < 4.78 is 0. The third-order valence-corrected chi connectivity index (χ3v) is 2.94. The molecule has 2 aromatic rings. The Labute approximate surface area is 114 Å². The fourth-order valence-electron chi connectivity index (χ4n) is 1.92. The molecule has 1 aromatic carbocycles. The second-order valence-corrected chi connectivity index (χ2v) is 4.45. The van der Waals surface area contributed by atoms with E-state index in [0.717, 1.165) is 41.6 Å². The zero-order valence-corrected chi connectivity index (χ0v) is 11.7. The molecule has 4 nitrogen and oxygen atoms in total. The Hall–Kier alpha value is -2.10. The molecule has 0 amide bonds. The fraction of sp³-hybridized carbons (Fsp3) is 0.333. The van der Waals surface area contributed by atoms with Gasteiger partial charge in [-0.3, -0.25) is 0 Å². The number of hydrogen-bond acceptors (Lipinski definition) is 4. The molecule has 0 saturated heterocycles. The SMILES string of the molecule is CCCc1nc(NC)c(C)c(Nc2ccccc2)n1. The van der Waals surface area contributed by atoms with E-state index in [2.05, 4.69) is 27.5 Å². The van der Waals surface area contributed by atoms with E-state index >= 15 is 0 Å². The van der Waals surface area contributed by atoms with Crippen molar-refractivity contribution in [1.82, 2.24) is 9.97 Å². The molecule has 1 heterocycles. The Balaban J connectivity index is 2.35. The number of hydrogen-bond donors (Lipinski definition) is 2. The van der Waals surface area contributed by atoms with Gasteiger partial charge in [0.1, 0.15) is 17.5 Å². The van der Waals surface area contributed by atoms with E-state index in [1.165, 1.54) is 0 Å². The summed E-state index contributed by atoms with van der Waals surface area (Å²) in [6, 6.07) is 10.1. The summed E-state index contributed by atoms with van der Waals surface area (Å²) in [5.41, 5.74) is 2.07. The Morgan fingerprint density at radius 2 is 1.74 bits per heavy atom. The van der Waals surface area contributed by atoms with Gasteiger partial charge in [0.05, 0.1) is 0 Å². The molecule has 100 valence electrons. The number of aryl methyl sites for hydroxylation is 1. The summed E-state index contributed by atoms with van der Waals surface area (Å²) in [5, 5.41) is 6.48. The van der Waals surface area contributed by atoms with Crippen LogP contribution in [0.5, 0.6) is 0 Å². The summed E-state index contributed by atoms with van der Waals surface area (Å²) in [6.45, 7) is 4.15. The molecule has 0 unspecified atom stereocenters. The Kier molecular flexibility index (Phi) is 4.34. The smallest absolute Gasteiger partial charge is 0.139 e. The maximum absolute atomic E-state index is 4.60. The summed E-state index contributed by atoms with van der Waals surface area (Å²) >= 11 is 0. The highest BCUT2D eigenvalue weighted by molar-refractivity contribution is 5.64. The first kappa shape index (κ1) is 13.3. The van der Waals surface area contributed by atoms with E-state index in [9.17, 15) is 0 Å². The van der Waals surface area contributed by atoms with E-state index < -0.39 is 0 Å². The molecule has 0 aliphatic carbocycles. The number of nitrogens with one attached hydrogen (secondary N) is 2. The number of para-hydroxylation sites is 1. The van der Waals surface area contributed by atoms with Gasteiger partial charge in [0.25, 0.3) is 0 Å². The number of rotatable bonds is 5. The lowest BCUT2D eigenvalue weighted by Gasteiger charge is -2.13. The standard InChI is InChI=1S/C15H20N4/c1-4-8-13-18-14(16-3)11(2)15(19-13)17-12-9-6-5-7-10-12/h5-7,9-10H,4,8H2,1-3H3,(H2,16,17,18,19). The van der Waals surface area contributed by atoms with Gasteiger partial charge in [-0.15, -0.1) is 0 Å². The largest absolute Gasteiger partial charge is 0.373 e. The van der Waals surface area contributed by atoms with Gasteiger partial charge >= 0.3 is 0 Å². The minimum atomic E-state index is 0.869. The highest BCUT2D eigenvalue weighted by atomic mass is 15.1. The molecule has 2 N–H and O–H groups in total. The normalized spacial score (nSPS) is 10.3. The quantitative estimate of drug-likeness (QED) is 0.859. The van der Waals surface area contributed by atoms with Gasteiger partial charge in [0, 0.05) is 24.7 Å². The first-order chi connectivity index (χ1) is 9.24. The van der Waals surface area contributed by atoms with Gasteiger partial charge in [-0.1, -0.05) is 25.1 Å². The third kappa shape index (κ3) is 3.22. The maximum atomic E-state index is 4.60. The Morgan fingerprint density at radius 3 is 2.37 bits per heavy atom. The summed E-state index contributed by atoms with van der Waals surface area (Å²) in [4.78, 5) is 9.12. The summed E-state index contributed by atoms with van der Waals surface area (Å²) in [6.07, 6.45) is 1.93. The summed E-state index contributed by atoms with van der Waals surface area (Å²) in [7, 11) is 1.89. The molecule has 0 saturated carbocycles. The van der Waals surface area contributed by atoms with Gasteiger partial charge in [0.2, 0.25) is 0 Å². The van der Waals surface area contributed by atoms with Gasteiger partial charge in [-0.05, 0) is 25.5 Å². The highest BCUT2D eigenvalue weighted by Crippen LogP contribution is 2.23. The van der Waals surface area contributed by atoms with E-state index in [0.29, 0.717) is 0 Å². The Morgan fingerprint density at radius 1 is 1.05 bits per heavy atom. The van der Waals surface area contributed by atoms with E-state index in [1.807, 2.05) is 44.3 Å². The van der Waals surface area contributed by atoms with Crippen molar-refractivity contribution in [2.75, 3.05) is 17.7 Å². The lowest BCUT2D eigenvalue weighted by atomic mass is 10.2. The van der Waals surface area contributed by atoms with Gasteiger partial charge in [-0.25, -0.2) is 9.97 Å². The third-order valence-electron chi connectivity index (χ3n) is 2.94. The molecule has 0 aliphatic rings. The molecule has 0 radical (unpaired) electrons. The predicted octanol–water partition coefficient (Wildman–Crippen LogP) is 3.52. The zero-order valence-electron chi connectivity index (χ0n) is 11.7. The van der Waals surface area contributed by atoms with Crippen LogP contribution in [0.1, 0.15) is 24.7 Å². The van der Waals surface area contributed by atoms with Crippen molar-refractivity contribution in [1.29, 1.82) is 0 Å². The Bertz CT molecular complexity index is 537. The van der Waals surface area contributed by atoms with Crippen LogP contribution in [0.2, 0.25) is 0 Å². The number of benzene rings is 1. The molecular formula is C15H20N4. The molecule has 0 spiro atoms. The molecular weight excluding hydrogens is 236 g/mol. The molecule has 0 bridgehead atoms. The van der Waals surface area contributed by atoms with Crippen molar-refractivity contribution >= 4 is 17.3 Å². The van der Waals surface area contributed by atoms with Crippen LogP contribution in [0.15, 0.2) is 30.3 Å². The molecule has 19 heavy (non-hydrogen) atoms. The predicted molar refractivity (Wildman–Crippen MR) is 80.0 cm³/mol. The van der Waals surface area contributed by atoms with Crippen molar-refractivity contribution in [3.8, 4) is 0 Å². The van der Waals surface area contributed by atoms with Crippen molar-refractivity contribution in [2.45, 2.75) is 26.7 Å². The number of nitrogens with zero attached hydrogens (tertiary/aromatic N) is 2. The fourth-order valence-corrected chi connectivity index (χ4v) is 1.92. The van der Waals surface area contributed by atoms with Gasteiger partial charge in [0.15, 0.2) is 0 Å². The minimum Gasteiger partial charge on any atom is -0.373 e. The summed E-state index contributed by atoms with van der Waals surface area (Å²) in [5.74, 6) is 2.63. The van der Waals surface area contributed by atoms with Crippen LogP contribution >= 0.6 is 0 Å². The monoisotopic (exact) mass is 256 g/mol.